The van der Waals surface area contributed by atoms with Crippen LogP contribution in [0.5, 0.6) is 0 Å². The summed E-state index contributed by atoms with van der Waals surface area (Å²) in [5.74, 6) is 0. The molecule has 0 aromatic carbocycles. The maximum absolute atomic E-state index is 11.5. The molecule has 0 saturated carbocycles. The summed E-state index contributed by atoms with van der Waals surface area (Å²) < 4.78 is 25.4. The lowest BCUT2D eigenvalue weighted by Gasteiger charge is -2.10. The molecule has 92 valence electrons. The minimum Gasteiger partial charge on any atom is -0.395 e. The van der Waals surface area contributed by atoms with Gasteiger partial charge in [0.2, 0.25) is 10.0 Å². The average Bonchev–Trinajstić information content (AvgIpc) is 2.62. The zero-order valence-corrected chi connectivity index (χ0v) is 10.9. The summed E-state index contributed by atoms with van der Waals surface area (Å²) in [6.45, 7) is 3.32. The number of hydrogen-bond acceptors (Lipinski definition) is 5. The van der Waals surface area contributed by atoms with E-state index < -0.39 is 15.3 Å². The van der Waals surface area contributed by atoms with Crippen molar-refractivity contribution in [2.24, 2.45) is 0 Å². The molecule has 0 amide bonds. The molecule has 0 aliphatic rings. The molecule has 1 unspecified atom stereocenters. The minimum absolute atomic E-state index is 0.315. The quantitative estimate of drug-likeness (QED) is 0.774. The van der Waals surface area contributed by atoms with Crippen molar-refractivity contribution in [1.82, 2.24) is 9.71 Å². The Hall–Kier alpha value is -0.500. The van der Waals surface area contributed by atoms with E-state index in [-0.39, 0.29) is 6.61 Å². The summed E-state index contributed by atoms with van der Waals surface area (Å²) in [6, 6.07) is 0. The standard InChI is InChI=1S/C9H16N2O3S2/c1-7(5-12)16(13,14)10-4-3-9-6-15-8(2)11-9/h6-7,10,12H,3-5H2,1-2H3. The van der Waals surface area contributed by atoms with Gasteiger partial charge in [-0.3, -0.25) is 0 Å². The number of aliphatic hydroxyl groups excluding tert-OH is 1. The molecule has 0 spiro atoms. The van der Waals surface area contributed by atoms with E-state index in [0.29, 0.717) is 13.0 Å². The second kappa shape index (κ2) is 5.72. The molecule has 5 nitrogen and oxygen atoms in total. The van der Waals surface area contributed by atoms with Crippen LogP contribution in [-0.2, 0) is 16.4 Å². The lowest BCUT2D eigenvalue weighted by molar-refractivity contribution is 0.295. The largest absolute Gasteiger partial charge is 0.395 e. The highest BCUT2D eigenvalue weighted by Gasteiger charge is 2.18. The Labute approximate surface area is 99.6 Å². The van der Waals surface area contributed by atoms with Crippen LogP contribution in [0.1, 0.15) is 17.6 Å². The molecule has 1 heterocycles. The predicted molar refractivity (Wildman–Crippen MR) is 64.0 cm³/mol. The van der Waals surface area contributed by atoms with Gasteiger partial charge in [-0.25, -0.2) is 18.1 Å². The van der Waals surface area contributed by atoms with E-state index >= 15 is 0 Å². The SMILES string of the molecule is Cc1nc(CCNS(=O)(=O)C(C)CO)cs1. The summed E-state index contributed by atoms with van der Waals surface area (Å²) >= 11 is 1.54. The summed E-state index contributed by atoms with van der Waals surface area (Å²) in [7, 11) is -3.40. The fourth-order valence-electron chi connectivity index (χ4n) is 1.08. The number of sulfonamides is 1. The Kier molecular flexibility index (Phi) is 4.85. The first-order valence-corrected chi connectivity index (χ1v) is 7.38. The fourth-order valence-corrected chi connectivity index (χ4v) is 2.60. The first kappa shape index (κ1) is 13.6. The van der Waals surface area contributed by atoms with Crippen molar-refractivity contribution in [3.05, 3.63) is 16.1 Å². The average molecular weight is 264 g/mol. The molecule has 1 aromatic rings. The zero-order chi connectivity index (χ0) is 12.2. The van der Waals surface area contributed by atoms with E-state index in [1.165, 1.54) is 6.92 Å². The van der Waals surface area contributed by atoms with E-state index in [9.17, 15) is 8.42 Å². The fraction of sp³-hybridized carbons (Fsp3) is 0.667. The van der Waals surface area contributed by atoms with Crippen LogP contribution in [-0.4, -0.2) is 36.9 Å². The third kappa shape index (κ3) is 3.82. The van der Waals surface area contributed by atoms with E-state index in [1.54, 1.807) is 11.3 Å². The highest BCUT2D eigenvalue weighted by Crippen LogP contribution is 2.08. The second-order valence-electron chi connectivity index (χ2n) is 3.54. The minimum atomic E-state index is -3.40. The van der Waals surface area contributed by atoms with Crippen molar-refractivity contribution in [2.45, 2.75) is 25.5 Å². The number of nitrogens with zero attached hydrogens (tertiary/aromatic N) is 1. The van der Waals surface area contributed by atoms with Crippen molar-refractivity contribution in [2.75, 3.05) is 13.2 Å². The number of aliphatic hydroxyl groups is 1. The number of aromatic nitrogens is 1. The van der Waals surface area contributed by atoms with Crippen molar-refractivity contribution in [1.29, 1.82) is 0 Å². The Balaban J connectivity index is 2.41. The molecule has 0 fully saturated rings. The molecule has 0 aliphatic heterocycles. The van der Waals surface area contributed by atoms with Gasteiger partial charge in [-0.05, 0) is 13.8 Å². The van der Waals surface area contributed by atoms with Crippen molar-refractivity contribution in [3.8, 4) is 0 Å². The number of thiazole rings is 1. The topological polar surface area (TPSA) is 79.3 Å². The van der Waals surface area contributed by atoms with Crippen molar-refractivity contribution < 1.29 is 13.5 Å². The van der Waals surface area contributed by atoms with Gasteiger partial charge in [0.25, 0.3) is 0 Å². The highest BCUT2D eigenvalue weighted by atomic mass is 32.2. The molecule has 0 aliphatic carbocycles. The van der Waals surface area contributed by atoms with Gasteiger partial charge in [-0.1, -0.05) is 0 Å². The molecule has 0 saturated heterocycles. The van der Waals surface area contributed by atoms with Gasteiger partial charge in [0, 0.05) is 18.3 Å². The van der Waals surface area contributed by atoms with E-state index in [1.807, 2.05) is 12.3 Å². The van der Waals surface area contributed by atoms with Crippen LogP contribution in [0.3, 0.4) is 0 Å². The van der Waals surface area contributed by atoms with E-state index in [4.69, 9.17) is 5.11 Å². The molecule has 1 rings (SSSR count). The smallest absolute Gasteiger partial charge is 0.216 e. The molecular formula is C9H16N2O3S2. The number of nitrogens with one attached hydrogen (secondary N) is 1. The molecule has 16 heavy (non-hydrogen) atoms. The first-order chi connectivity index (χ1) is 7.45. The molecule has 2 N–H and O–H groups in total. The predicted octanol–water partition coefficient (Wildman–Crippen LogP) is 0.294. The number of hydrogen-bond donors (Lipinski definition) is 2. The van der Waals surface area contributed by atoms with Gasteiger partial charge in [0.1, 0.15) is 0 Å². The molecule has 0 radical (unpaired) electrons. The zero-order valence-electron chi connectivity index (χ0n) is 9.30. The Morgan fingerprint density at radius 2 is 2.31 bits per heavy atom. The third-order valence-corrected chi connectivity index (χ3v) is 4.78. The summed E-state index contributed by atoms with van der Waals surface area (Å²) in [6.07, 6.45) is 0.571. The van der Waals surface area contributed by atoms with Crippen LogP contribution in [0.15, 0.2) is 5.38 Å². The maximum Gasteiger partial charge on any atom is 0.216 e. The van der Waals surface area contributed by atoms with Gasteiger partial charge >= 0.3 is 0 Å². The van der Waals surface area contributed by atoms with Crippen LogP contribution in [0, 0.1) is 6.92 Å². The lowest BCUT2D eigenvalue weighted by Crippen LogP contribution is -2.35. The summed E-state index contributed by atoms with van der Waals surface area (Å²) in [5.41, 5.74) is 0.891. The molecule has 0 bridgehead atoms. The lowest BCUT2D eigenvalue weighted by atomic mass is 10.3. The van der Waals surface area contributed by atoms with Gasteiger partial charge in [-0.15, -0.1) is 11.3 Å². The number of rotatable bonds is 6. The van der Waals surface area contributed by atoms with Crippen molar-refractivity contribution in [3.63, 3.8) is 0 Å². The van der Waals surface area contributed by atoms with E-state index in [2.05, 4.69) is 9.71 Å². The monoisotopic (exact) mass is 264 g/mol. The van der Waals surface area contributed by atoms with Crippen molar-refractivity contribution >= 4 is 21.4 Å². The van der Waals surface area contributed by atoms with Crippen LogP contribution in [0.2, 0.25) is 0 Å². The number of aryl methyl sites for hydroxylation is 1. The van der Waals surface area contributed by atoms with Gasteiger partial charge in [-0.2, -0.15) is 0 Å². The second-order valence-corrected chi connectivity index (χ2v) is 6.79. The molecule has 1 aromatic heterocycles. The first-order valence-electron chi connectivity index (χ1n) is 4.96. The van der Waals surface area contributed by atoms with Gasteiger partial charge < -0.3 is 5.11 Å². The van der Waals surface area contributed by atoms with Crippen LogP contribution in [0.4, 0.5) is 0 Å². The van der Waals surface area contributed by atoms with Crippen LogP contribution in [0.25, 0.3) is 0 Å². The van der Waals surface area contributed by atoms with Crippen LogP contribution >= 0.6 is 11.3 Å². The molecule has 1 atom stereocenters. The van der Waals surface area contributed by atoms with Crippen LogP contribution < -0.4 is 4.72 Å². The maximum atomic E-state index is 11.5. The van der Waals surface area contributed by atoms with Gasteiger partial charge in [0.15, 0.2) is 0 Å². The van der Waals surface area contributed by atoms with Gasteiger partial charge in [0.05, 0.1) is 22.6 Å². The third-order valence-electron chi connectivity index (χ3n) is 2.14. The molecule has 7 heteroatoms. The highest BCUT2D eigenvalue weighted by molar-refractivity contribution is 7.90. The Bertz CT molecular complexity index is 428. The molecular weight excluding hydrogens is 248 g/mol. The summed E-state index contributed by atoms with van der Waals surface area (Å²) in [4.78, 5) is 4.23. The van der Waals surface area contributed by atoms with E-state index in [0.717, 1.165) is 10.7 Å². The normalized spacial score (nSPS) is 13.9. The summed E-state index contributed by atoms with van der Waals surface area (Å²) in [5, 5.41) is 10.9. The Morgan fingerprint density at radius 3 is 2.81 bits per heavy atom. The Morgan fingerprint density at radius 1 is 1.62 bits per heavy atom.